The molecule has 98 valence electrons. The Morgan fingerprint density at radius 3 is 3.11 bits per heavy atom. The highest BCUT2D eigenvalue weighted by molar-refractivity contribution is 5.85. The summed E-state index contributed by atoms with van der Waals surface area (Å²) in [5.41, 5.74) is 0.794. The van der Waals surface area contributed by atoms with Crippen LogP contribution < -0.4 is 4.74 Å². The highest BCUT2D eigenvalue weighted by Gasteiger charge is 1.96. The van der Waals surface area contributed by atoms with Gasteiger partial charge >= 0.3 is 5.97 Å². The molecule has 0 radical (unpaired) electrons. The van der Waals surface area contributed by atoms with Crippen molar-refractivity contribution in [2.75, 3.05) is 6.61 Å². The van der Waals surface area contributed by atoms with Crippen molar-refractivity contribution in [3.63, 3.8) is 0 Å². The van der Waals surface area contributed by atoms with Crippen molar-refractivity contribution in [2.45, 2.75) is 6.54 Å². The van der Waals surface area contributed by atoms with Crippen molar-refractivity contribution in [3.8, 4) is 5.75 Å². The Labute approximate surface area is 110 Å². The van der Waals surface area contributed by atoms with Gasteiger partial charge in [0, 0.05) is 18.5 Å². The van der Waals surface area contributed by atoms with Crippen molar-refractivity contribution < 1.29 is 14.6 Å². The van der Waals surface area contributed by atoms with Crippen LogP contribution in [0.1, 0.15) is 5.56 Å². The first-order valence-corrected chi connectivity index (χ1v) is 5.83. The smallest absolute Gasteiger partial charge is 0.328 e. The molecule has 0 bridgehead atoms. The third-order valence-corrected chi connectivity index (χ3v) is 2.45. The van der Waals surface area contributed by atoms with E-state index in [1.54, 1.807) is 18.6 Å². The van der Waals surface area contributed by atoms with Crippen LogP contribution in [-0.2, 0) is 11.3 Å². The van der Waals surface area contributed by atoms with Gasteiger partial charge in [-0.15, -0.1) is 0 Å². The lowest BCUT2D eigenvalue weighted by atomic mass is 10.2. The Kier molecular flexibility index (Phi) is 4.34. The maximum atomic E-state index is 10.4. The Morgan fingerprint density at radius 2 is 2.37 bits per heavy atom. The summed E-state index contributed by atoms with van der Waals surface area (Å²) >= 11 is 0. The van der Waals surface area contributed by atoms with E-state index in [2.05, 4.69) is 4.98 Å². The summed E-state index contributed by atoms with van der Waals surface area (Å²) in [5, 5.41) is 8.56. The summed E-state index contributed by atoms with van der Waals surface area (Å²) in [4.78, 5) is 14.4. The van der Waals surface area contributed by atoms with Crippen LogP contribution in [0, 0.1) is 0 Å². The Bertz CT molecular complexity index is 562. The minimum absolute atomic E-state index is 0.530. The molecule has 2 aromatic rings. The van der Waals surface area contributed by atoms with Gasteiger partial charge in [-0.25, -0.2) is 9.78 Å². The molecular weight excluding hydrogens is 244 g/mol. The SMILES string of the molecule is O=C(O)/C=C/c1cccc(OCCn2ccnc2)c1. The van der Waals surface area contributed by atoms with E-state index in [1.165, 1.54) is 6.08 Å². The molecule has 0 saturated carbocycles. The first kappa shape index (κ1) is 12.9. The molecule has 5 nitrogen and oxygen atoms in total. The molecule has 2 rings (SSSR count). The summed E-state index contributed by atoms with van der Waals surface area (Å²) in [6.45, 7) is 1.25. The van der Waals surface area contributed by atoms with Gasteiger partial charge in [-0.2, -0.15) is 0 Å². The molecule has 1 N–H and O–H groups in total. The lowest BCUT2D eigenvalue weighted by molar-refractivity contribution is -0.131. The molecule has 1 aromatic heterocycles. The first-order chi connectivity index (χ1) is 9.24. The fourth-order valence-electron chi connectivity index (χ4n) is 1.56. The van der Waals surface area contributed by atoms with Crippen molar-refractivity contribution >= 4 is 12.0 Å². The number of ether oxygens (including phenoxy) is 1. The molecule has 0 atom stereocenters. The second-order valence-corrected chi connectivity index (χ2v) is 3.89. The number of aliphatic carboxylic acids is 1. The van der Waals surface area contributed by atoms with Crippen molar-refractivity contribution in [3.05, 3.63) is 54.6 Å². The topological polar surface area (TPSA) is 64.3 Å². The van der Waals surface area contributed by atoms with E-state index in [9.17, 15) is 4.79 Å². The van der Waals surface area contributed by atoms with E-state index in [0.29, 0.717) is 12.4 Å². The molecule has 19 heavy (non-hydrogen) atoms. The molecule has 5 heteroatoms. The third kappa shape index (κ3) is 4.31. The quantitative estimate of drug-likeness (QED) is 0.805. The second kappa shape index (κ2) is 6.39. The largest absolute Gasteiger partial charge is 0.492 e. The van der Waals surface area contributed by atoms with Crippen LogP contribution in [0.3, 0.4) is 0 Å². The fraction of sp³-hybridized carbons (Fsp3) is 0.143. The highest BCUT2D eigenvalue weighted by Crippen LogP contribution is 2.14. The second-order valence-electron chi connectivity index (χ2n) is 3.89. The maximum Gasteiger partial charge on any atom is 0.328 e. The van der Waals surface area contributed by atoms with Crippen LogP contribution >= 0.6 is 0 Å². The lowest BCUT2D eigenvalue weighted by Gasteiger charge is -2.07. The monoisotopic (exact) mass is 258 g/mol. The third-order valence-electron chi connectivity index (χ3n) is 2.45. The van der Waals surface area contributed by atoms with Crippen molar-refractivity contribution in [2.24, 2.45) is 0 Å². The van der Waals surface area contributed by atoms with Gasteiger partial charge in [0.25, 0.3) is 0 Å². The number of hydrogen-bond acceptors (Lipinski definition) is 3. The molecule has 0 fully saturated rings. The summed E-state index contributed by atoms with van der Waals surface area (Å²) in [6.07, 6.45) is 7.96. The average molecular weight is 258 g/mol. The van der Waals surface area contributed by atoms with Gasteiger partial charge in [-0.1, -0.05) is 12.1 Å². The van der Waals surface area contributed by atoms with E-state index in [4.69, 9.17) is 9.84 Å². The van der Waals surface area contributed by atoms with Gasteiger partial charge in [-0.05, 0) is 23.8 Å². The van der Waals surface area contributed by atoms with Gasteiger partial charge in [0.05, 0.1) is 12.9 Å². The standard InChI is InChI=1S/C14H14N2O3/c17-14(18)5-4-12-2-1-3-13(10-12)19-9-8-16-7-6-15-11-16/h1-7,10-11H,8-9H2,(H,17,18)/b5-4+. The minimum Gasteiger partial charge on any atom is -0.492 e. The van der Waals surface area contributed by atoms with Crippen LogP contribution in [0.4, 0.5) is 0 Å². The minimum atomic E-state index is -0.966. The summed E-state index contributed by atoms with van der Waals surface area (Å²) in [7, 11) is 0. The Morgan fingerprint density at radius 1 is 1.47 bits per heavy atom. The highest BCUT2D eigenvalue weighted by atomic mass is 16.5. The number of imidazole rings is 1. The zero-order valence-electron chi connectivity index (χ0n) is 10.3. The number of hydrogen-bond donors (Lipinski definition) is 1. The van der Waals surface area contributed by atoms with Crippen molar-refractivity contribution in [1.29, 1.82) is 0 Å². The number of rotatable bonds is 6. The van der Waals surface area contributed by atoms with E-state index in [0.717, 1.165) is 18.2 Å². The summed E-state index contributed by atoms with van der Waals surface area (Å²) in [5.74, 6) is -0.251. The number of carboxylic acid groups (broad SMARTS) is 1. The molecule has 0 aliphatic heterocycles. The number of benzene rings is 1. The van der Waals surface area contributed by atoms with Crippen LogP contribution in [0.15, 0.2) is 49.1 Å². The Balaban J connectivity index is 1.90. The zero-order chi connectivity index (χ0) is 13.5. The average Bonchev–Trinajstić information content (AvgIpc) is 2.90. The number of nitrogens with zero attached hydrogens (tertiary/aromatic N) is 2. The number of carbonyl (C=O) groups is 1. The van der Waals surface area contributed by atoms with Crippen LogP contribution in [0.5, 0.6) is 5.75 Å². The van der Waals surface area contributed by atoms with Crippen LogP contribution in [-0.4, -0.2) is 27.2 Å². The van der Waals surface area contributed by atoms with Crippen molar-refractivity contribution in [1.82, 2.24) is 9.55 Å². The molecule has 0 aliphatic rings. The molecule has 1 aromatic carbocycles. The summed E-state index contributed by atoms with van der Waals surface area (Å²) in [6, 6.07) is 7.29. The van der Waals surface area contributed by atoms with Crippen LogP contribution in [0.25, 0.3) is 6.08 Å². The lowest BCUT2D eigenvalue weighted by Crippen LogP contribution is -2.06. The Hall–Kier alpha value is -2.56. The van der Waals surface area contributed by atoms with E-state index in [-0.39, 0.29) is 0 Å². The maximum absolute atomic E-state index is 10.4. The van der Waals surface area contributed by atoms with E-state index in [1.807, 2.05) is 29.0 Å². The molecule has 0 aliphatic carbocycles. The molecule has 0 unspecified atom stereocenters. The van der Waals surface area contributed by atoms with E-state index >= 15 is 0 Å². The van der Waals surface area contributed by atoms with Gasteiger partial charge in [0.15, 0.2) is 0 Å². The van der Waals surface area contributed by atoms with Crippen LogP contribution in [0.2, 0.25) is 0 Å². The van der Waals surface area contributed by atoms with E-state index < -0.39 is 5.97 Å². The summed E-state index contributed by atoms with van der Waals surface area (Å²) < 4.78 is 7.52. The van der Waals surface area contributed by atoms with Gasteiger partial charge in [0.1, 0.15) is 12.4 Å². The predicted molar refractivity (Wildman–Crippen MR) is 70.8 cm³/mol. The van der Waals surface area contributed by atoms with Gasteiger partial charge < -0.3 is 14.4 Å². The predicted octanol–water partition coefficient (Wildman–Crippen LogP) is 2.06. The normalized spacial score (nSPS) is 10.7. The fourth-order valence-corrected chi connectivity index (χ4v) is 1.56. The molecule has 0 amide bonds. The molecule has 1 heterocycles. The number of aromatic nitrogens is 2. The first-order valence-electron chi connectivity index (χ1n) is 5.83. The van der Waals surface area contributed by atoms with Gasteiger partial charge in [-0.3, -0.25) is 0 Å². The molecule has 0 saturated heterocycles. The zero-order valence-corrected chi connectivity index (χ0v) is 10.3. The number of carboxylic acids is 1. The van der Waals surface area contributed by atoms with Gasteiger partial charge in [0.2, 0.25) is 0 Å². The molecule has 0 spiro atoms. The molecular formula is C14H14N2O3.